The number of nitrogens with one attached hydrogen (secondary N) is 1. The van der Waals surface area contributed by atoms with Gasteiger partial charge in [0.25, 0.3) is 0 Å². The smallest absolute Gasteiger partial charge is 0.327 e. The molecule has 1 amide bonds. The number of nitrogens with zero attached hydrogens (tertiary/aromatic N) is 1. The molecule has 1 rings (SSSR count). The summed E-state index contributed by atoms with van der Waals surface area (Å²) in [4.78, 5) is 24.4. The van der Waals surface area contributed by atoms with Crippen LogP contribution < -0.4 is 5.32 Å². The third-order valence-electron chi connectivity index (χ3n) is 2.62. The van der Waals surface area contributed by atoms with Crippen LogP contribution in [0.4, 0.5) is 0 Å². The minimum atomic E-state index is -0.942. The number of amides is 1. The summed E-state index contributed by atoms with van der Waals surface area (Å²) in [6.07, 6.45) is 0. The van der Waals surface area contributed by atoms with Crippen molar-refractivity contribution < 1.29 is 14.7 Å². The molecule has 5 heteroatoms. The molecule has 0 aromatic heterocycles. The molecule has 0 aliphatic carbocycles. The quantitative estimate of drug-likeness (QED) is 0.674. The third-order valence-corrected chi connectivity index (χ3v) is 2.62. The third kappa shape index (κ3) is 2.47. The Morgan fingerprint density at radius 1 is 1.40 bits per heavy atom. The maximum Gasteiger partial charge on any atom is 0.327 e. The Kier molecular flexibility index (Phi) is 3.68. The summed E-state index contributed by atoms with van der Waals surface area (Å²) >= 11 is 0. The minimum absolute atomic E-state index is 0.0604. The summed E-state index contributed by atoms with van der Waals surface area (Å²) in [6.45, 7) is 6.43. The molecule has 2 atom stereocenters. The molecule has 15 heavy (non-hydrogen) atoms. The Labute approximate surface area is 89.4 Å². The molecule has 86 valence electrons. The van der Waals surface area contributed by atoms with Crippen LogP contribution in [0.1, 0.15) is 20.8 Å². The van der Waals surface area contributed by atoms with Gasteiger partial charge in [-0.1, -0.05) is 13.8 Å². The lowest BCUT2D eigenvalue weighted by atomic mass is 10.0. The van der Waals surface area contributed by atoms with Crippen LogP contribution in [0.15, 0.2) is 0 Å². The summed E-state index contributed by atoms with van der Waals surface area (Å²) in [6, 6.07) is -0.793. The highest BCUT2D eigenvalue weighted by molar-refractivity contribution is 5.85. The van der Waals surface area contributed by atoms with Gasteiger partial charge in [-0.05, 0) is 6.92 Å². The molecule has 0 bridgehead atoms. The van der Waals surface area contributed by atoms with Crippen molar-refractivity contribution in [2.45, 2.75) is 32.9 Å². The number of carboxylic acid groups (broad SMARTS) is 1. The van der Waals surface area contributed by atoms with Crippen molar-refractivity contribution in [3.8, 4) is 0 Å². The van der Waals surface area contributed by atoms with Crippen LogP contribution in [-0.4, -0.2) is 47.1 Å². The Balaban J connectivity index is 2.86. The van der Waals surface area contributed by atoms with Crippen molar-refractivity contribution in [1.82, 2.24) is 10.2 Å². The van der Waals surface area contributed by atoms with E-state index in [4.69, 9.17) is 5.11 Å². The maximum absolute atomic E-state index is 11.9. The van der Waals surface area contributed by atoms with Crippen LogP contribution in [0.3, 0.4) is 0 Å². The van der Waals surface area contributed by atoms with E-state index in [-0.39, 0.29) is 17.9 Å². The molecule has 1 aliphatic heterocycles. The fraction of sp³-hybridized carbons (Fsp3) is 0.800. The van der Waals surface area contributed by atoms with Crippen LogP contribution in [-0.2, 0) is 9.59 Å². The summed E-state index contributed by atoms with van der Waals surface area (Å²) in [7, 11) is 0. The number of piperazine rings is 1. The van der Waals surface area contributed by atoms with Crippen LogP contribution in [0.2, 0.25) is 0 Å². The molecule has 0 aromatic carbocycles. The topological polar surface area (TPSA) is 69.6 Å². The molecule has 0 radical (unpaired) electrons. The van der Waals surface area contributed by atoms with Crippen LogP contribution in [0.5, 0.6) is 0 Å². The normalized spacial score (nSPS) is 26.8. The molecule has 0 aromatic rings. The van der Waals surface area contributed by atoms with Gasteiger partial charge in [0.1, 0.15) is 6.04 Å². The highest BCUT2D eigenvalue weighted by Gasteiger charge is 2.36. The van der Waals surface area contributed by atoms with Gasteiger partial charge in [-0.2, -0.15) is 0 Å². The predicted octanol–water partition coefficient (Wildman–Crippen LogP) is -0.0841. The number of carbonyl (C=O) groups excluding carboxylic acids is 1. The highest BCUT2D eigenvalue weighted by Crippen LogP contribution is 2.14. The number of carbonyl (C=O) groups is 2. The van der Waals surface area contributed by atoms with Gasteiger partial charge in [0.15, 0.2) is 0 Å². The minimum Gasteiger partial charge on any atom is -0.480 e. The lowest BCUT2D eigenvalue weighted by Gasteiger charge is -2.39. The molecule has 0 unspecified atom stereocenters. The van der Waals surface area contributed by atoms with Crippen molar-refractivity contribution in [2.24, 2.45) is 5.92 Å². The van der Waals surface area contributed by atoms with Gasteiger partial charge >= 0.3 is 5.97 Å². The average molecular weight is 214 g/mol. The van der Waals surface area contributed by atoms with Gasteiger partial charge in [0, 0.05) is 25.0 Å². The summed E-state index contributed by atoms with van der Waals surface area (Å²) in [5, 5.41) is 12.0. The number of rotatable bonds is 2. The van der Waals surface area contributed by atoms with E-state index in [1.165, 1.54) is 4.90 Å². The number of aliphatic carboxylic acids is 1. The van der Waals surface area contributed by atoms with Crippen molar-refractivity contribution in [1.29, 1.82) is 0 Å². The van der Waals surface area contributed by atoms with Gasteiger partial charge in [-0.3, -0.25) is 4.79 Å². The van der Waals surface area contributed by atoms with Crippen LogP contribution >= 0.6 is 0 Å². The second kappa shape index (κ2) is 4.61. The standard InChI is InChI=1S/C10H18N2O3/c1-6(2)9(13)12-7(3)4-11-5-8(12)10(14)15/h6-8,11H,4-5H2,1-3H3,(H,14,15)/t7-,8-/m1/s1. The number of hydrogen-bond acceptors (Lipinski definition) is 3. The summed E-state index contributed by atoms with van der Waals surface area (Å²) in [5.74, 6) is -1.19. The van der Waals surface area contributed by atoms with Crippen molar-refractivity contribution >= 4 is 11.9 Å². The molecule has 1 aliphatic rings. The molecule has 1 saturated heterocycles. The van der Waals surface area contributed by atoms with Gasteiger partial charge in [-0.15, -0.1) is 0 Å². The Bertz CT molecular complexity index is 265. The van der Waals surface area contributed by atoms with E-state index in [0.717, 1.165) is 0 Å². The summed E-state index contributed by atoms with van der Waals surface area (Å²) in [5.41, 5.74) is 0. The Morgan fingerprint density at radius 2 is 2.00 bits per heavy atom. The van der Waals surface area contributed by atoms with E-state index in [2.05, 4.69) is 5.32 Å². The largest absolute Gasteiger partial charge is 0.480 e. The molecule has 2 N–H and O–H groups in total. The number of carboxylic acids is 1. The molecule has 1 heterocycles. The van der Waals surface area contributed by atoms with E-state index >= 15 is 0 Å². The zero-order valence-corrected chi connectivity index (χ0v) is 9.36. The SMILES string of the molecule is CC(C)C(=O)N1[C@H](C)CNC[C@@H]1C(=O)O. The lowest BCUT2D eigenvalue weighted by molar-refractivity contribution is -0.155. The van der Waals surface area contributed by atoms with E-state index < -0.39 is 12.0 Å². The average Bonchev–Trinajstić information content (AvgIpc) is 2.16. The highest BCUT2D eigenvalue weighted by atomic mass is 16.4. The van der Waals surface area contributed by atoms with Crippen molar-refractivity contribution in [3.63, 3.8) is 0 Å². The molecular formula is C10H18N2O3. The molecule has 5 nitrogen and oxygen atoms in total. The van der Waals surface area contributed by atoms with Gasteiger partial charge in [-0.25, -0.2) is 4.79 Å². The number of hydrogen-bond donors (Lipinski definition) is 2. The lowest BCUT2D eigenvalue weighted by Crippen LogP contribution is -2.61. The van der Waals surface area contributed by atoms with E-state index in [0.29, 0.717) is 13.1 Å². The fourth-order valence-electron chi connectivity index (χ4n) is 1.81. The van der Waals surface area contributed by atoms with Crippen molar-refractivity contribution in [3.05, 3.63) is 0 Å². The Hall–Kier alpha value is -1.10. The predicted molar refractivity (Wildman–Crippen MR) is 55.4 cm³/mol. The zero-order valence-electron chi connectivity index (χ0n) is 9.36. The Morgan fingerprint density at radius 3 is 2.47 bits per heavy atom. The van der Waals surface area contributed by atoms with Gasteiger partial charge in [0.05, 0.1) is 0 Å². The zero-order chi connectivity index (χ0) is 11.6. The first-order valence-electron chi connectivity index (χ1n) is 5.20. The second-order valence-electron chi connectivity index (χ2n) is 4.26. The molecular weight excluding hydrogens is 196 g/mol. The van der Waals surface area contributed by atoms with E-state index in [1.54, 1.807) is 13.8 Å². The summed E-state index contributed by atoms with van der Waals surface area (Å²) < 4.78 is 0. The van der Waals surface area contributed by atoms with Gasteiger partial charge < -0.3 is 15.3 Å². The molecule has 1 fully saturated rings. The molecule has 0 saturated carbocycles. The van der Waals surface area contributed by atoms with Gasteiger partial charge in [0.2, 0.25) is 5.91 Å². The fourth-order valence-corrected chi connectivity index (χ4v) is 1.81. The second-order valence-corrected chi connectivity index (χ2v) is 4.26. The van der Waals surface area contributed by atoms with Crippen molar-refractivity contribution in [2.75, 3.05) is 13.1 Å². The monoisotopic (exact) mass is 214 g/mol. The maximum atomic E-state index is 11.9. The van der Waals surface area contributed by atoms with Crippen LogP contribution in [0.25, 0.3) is 0 Å². The first kappa shape index (κ1) is 12.0. The van der Waals surface area contributed by atoms with E-state index in [9.17, 15) is 9.59 Å². The molecule has 0 spiro atoms. The first-order chi connectivity index (χ1) is 6.95. The van der Waals surface area contributed by atoms with Crippen LogP contribution in [0, 0.1) is 5.92 Å². The van der Waals surface area contributed by atoms with E-state index in [1.807, 2.05) is 6.92 Å². The first-order valence-corrected chi connectivity index (χ1v) is 5.20.